The van der Waals surface area contributed by atoms with Gasteiger partial charge >= 0.3 is 5.69 Å². The molecule has 1 rings (SSSR count). The van der Waals surface area contributed by atoms with E-state index in [2.05, 4.69) is 9.97 Å². The van der Waals surface area contributed by atoms with E-state index in [1.54, 1.807) is 12.2 Å². The van der Waals surface area contributed by atoms with Crippen LogP contribution in [0.5, 0.6) is 0 Å². The quantitative estimate of drug-likeness (QED) is 0.582. The minimum atomic E-state index is -0.499. The topological polar surface area (TPSA) is 91.7 Å². The molecule has 0 unspecified atom stereocenters. The second kappa shape index (κ2) is 4.42. The van der Waals surface area contributed by atoms with Crippen LogP contribution in [-0.4, -0.2) is 16.5 Å². The third-order valence-corrected chi connectivity index (χ3v) is 1.48. The van der Waals surface area contributed by atoms with Crippen LogP contribution in [-0.2, 0) is 0 Å². The van der Waals surface area contributed by atoms with E-state index in [4.69, 9.17) is 5.73 Å². The largest absolute Gasteiger partial charge is 0.330 e. The first-order chi connectivity index (χ1) is 6.24. The summed E-state index contributed by atoms with van der Waals surface area (Å²) in [5, 5.41) is 0. The number of H-pyrrole nitrogens is 2. The van der Waals surface area contributed by atoms with Gasteiger partial charge in [0.05, 0.1) is 5.56 Å². The third kappa shape index (κ3) is 2.72. The fourth-order valence-electron chi connectivity index (χ4n) is 0.851. The summed E-state index contributed by atoms with van der Waals surface area (Å²) in [6.07, 6.45) is 5.48. The second-order valence-electron chi connectivity index (χ2n) is 2.51. The molecule has 0 bridgehead atoms. The standard InChI is InChI=1S/C8H11N3O2/c9-4-2-1-3-6-5-10-8(13)11-7(6)12/h1,3,5H,2,4,9H2,(H2,10,11,12,13). The summed E-state index contributed by atoms with van der Waals surface area (Å²) in [7, 11) is 0. The zero-order valence-electron chi connectivity index (χ0n) is 7.04. The molecule has 5 nitrogen and oxygen atoms in total. The van der Waals surface area contributed by atoms with Crippen molar-refractivity contribution in [1.82, 2.24) is 9.97 Å². The molecule has 0 aliphatic carbocycles. The van der Waals surface area contributed by atoms with Gasteiger partial charge in [-0.15, -0.1) is 0 Å². The maximum atomic E-state index is 11.1. The number of aromatic amines is 2. The highest BCUT2D eigenvalue weighted by atomic mass is 16.2. The van der Waals surface area contributed by atoms with Crippen molar-refractivity contribution in [2.45, 2.75) is 6.42 Å². The number of aromatic nitrogens is 2. The molecule has 4 N–H and O–H groups in total. The van der Waals surface area contributed by atoms with Crippen molar-refractivity contribution in [3.05, 3.63) is 38.7 Å². The lowest BCUT2D eigenvalue weighted by Gasteiger charge is -1.89. The van der Waals surface area contributed by atoms with E-state index in [9.17, 15) is 9.59 Å². The number of hydrogen-bond donors (Lipinski definition) is 3. The first kappa shape index (κ1) is 9.47. The van der Waals surface area contributed by atoms with Crippen LogP contribution in [0.3, 0.4) is 0 Å². The Balaban J connectivity index is 2.90. The Morgan fingerprint density at radius 2 is 2.23 bits per heavy atom. The summed E-state index contributed by atoms with van der Waals surface area (Å²) in [6.45, 7) is 0.539. The van der Waals surface area contributed by atoms with Crippen LogP contribution in [0.4, 0.5) is 0 Å². The smallest absolute Gasteiger partial charge is 0.325 e. The van der Waals surface area contributed by atoms with Gasteiger partial charge in [0.15, 0.2) is 0 Å². The van der Waals surface area contributed by atoms with Crippen LogP contribution in [0.25, 0.3) is 6.08 Å². The first-order valence-corrected chi connectivity index (χ1v) is 3.92. The van der Waals surface area contributed by atoms with Crippen molar-refractivity contribution in [2.75, 3.05) is 6.54 Å². The molecule has 1 aromatic rings. The molecule has 1 aromatic heterocycles. The molecule has 70 valence electrons. The molecule has 13 heavy (non-hydrogen) atoms. The van der Waals surface area contributed by atoms with Gasteiger partial charge in [-0.3, -0.25) is 9.78 Å². The van der Waals surface area contributed by atoms with Crippen LogP contribution in [0.1, 0.15) is 12.0 Å². The van der Waals surface area contributed by atoms with E-state index in [1.807, 2.05) is 0 Å². The van der Waals surface area contributed by atoms with E-state index in [0.717, 1.165) is 0 Å². The Kier molecular flexibility index (Phi) is 3.22. The van der Waals surface area contributed by atoms with Crippen LogP contribution in [0.15, 0.2) is 21.9 Å². The maximum Gasteiger partial charge on any atom is 0.325 e. The highest BCUT2D eigenvalue weighted by Crippen LogP contribution is 1.90. The zero-order chi connectivity index (χ0) is 9.68. The summed E-state index contributed by atoms with van der Waals surface area (Å²) >= 11 is 0. The summed E-state index contributed by atoms with van der Waals surface area (Å²) in [6, 6.07) is 0. The number of nitrogens with two attached hydrogens (primary N) is 1. The van der Waals surface area contributed by atoms with Crippen molar-refractivity contribution in [3.8, 4) is 0 Å². The molecule has 0 aliphatic rings. The van der Waals surface area contributed by atoms with Gasteiger partial charge in [0.25, 0.3) is 5.56 Å². The van der Waals surface area contributed by atoms with Crippen LogP contribution in [0.2, 0.25) is 0 Å². The molecule has 0 aromatic carbocycles. The minimum Gasteiger partial charge on any atom is -0.330 e. The van der Waals surface area contributed by atoms with Gasteiger partial charge in [0.2, 0.25) is 0 Å². The molecule has 0 radical (unpaired) electrons. The average Bonchev–Trinajstić information content (AvgIpc) is 2.09. The first-order valence-electron chi connectivity index (χ1n) is 3.92. The number of rotatable bonds is 3. The SMILES string of the molecule is NCCC=Cc1c[nH]c(=O)[nH]c1=O. The predicted molar refractivity (Wildman–Crippen MR) is 50.4 cm³/mol. The Morgan fingerprint density at radius 1 is 1.46 bits per heavy atom. The lowest BCUT2D eigenvalue weighted by atomic mass is 10.3. The molecule has 0 saturated heterocycles. The normalized spacial score (nSPS) is 10.8. The van der Waals surface area contributed by atoms with Crippen LogP contribution < -0.4 is 17.0 Å². The molecule has 1 heterocycles. The second-order valence-corrected chi connectivity index (χ2v) is 2.51. The minimum absolute atomic E-state index is 0.392. The summed E-state index contributed by atoms with van der Waals surface area (Å²) < 4.78 is 0. The van der Waals surface area contributed by atoms with Gasteiger partial charge in [-0.1, -0.05) is 12.2 Å². The van der Waals surface area contributed by atoms with Gasteiger partial charge in [-0.25, -0.2) is 4.79 Å². The maximum absolute atomic E-state index is 11.1. The number of hydrogen-bond acceptors (Lipinski definition) is 3. The molecule has 0 atom stereocenters. The Labute approximate surface area is 74.3 Å². The highest BCUT2D eigenvalue weighted by molar-refractivity contribution is 5.45. The van der Waals surface area contributed by atoms with Crippen molar-refractivity contribution >= 4 is 6.08 Å². The van der Waals surface area contributed by atoms with E-state index in [0.29, 0.717) is 18.5 Å². The zero-order valence-corrected chi connectivity index (χ0v) is 7.04. The Hall–Kier alpha value is -1.62. The lowest BCUT2D eigenvalue weighted by Crippen LogP contribution is -2.22. The predicted octanol–water partition coefficient (Wildman–Crippen LogP) is -0.575. The van der Waals surface area contributed by atoms with Gasteiger partial charge < -0.3 is 10.7 Å². The van der Waals surface area contributed by atoms with Gasteiger partial charge in [0, 0.05) is 6.20 Å². The summed E-state index contributed by atoms with van der Waals surface area (Å²) in [5.41, 5.74) is 4.79. The molecule has 5 heteroatoms. The molecule has 0 aliphatic heterocycles. The average molecular weight is 181 g/mol. The fraction of sp³-hybridized carbons (Fsp3) is 0.250. The van der Waals surface area contributed by atoms with Crippen LogP contribution >= 0.6 is 0 Å². The van der Waals surface area contributed by atoms with Crippen molar-refractivity contribution in [3.63, 3.8) is 0 Å². The molecular weight excluding hydrogens is 170 g/mol. The fourth-order valence-corrected chi connectivity index (χ4v) is 0.851. The summed E-state index contributed by atoms with van der Waals surface area (Å²) in [4.78, 5) is 26.2. The lowest BCUT2D eigenvalue weighted by molar-refractivity contribution is 1.01. The molecular formula is C8H11N3O2. The molecule has 0 saturated carbocycles. The Bertz CT molecular complexity index is 402. The van der Waals surface area contributed by atoms with Crippen LogP contribution in [0, 0.1) is 0 Å². The monoisotopic (exact) mass is 181 g/mol. The molecule has 0 fully saturated rings. The van der Waals surface area contributed by atoms with Crippen molar-refractivity contribution in [1.29, 1.82) is 0 Å². The Morgan fingerprint density at radius 3 is 2.85 bits per heavy atom. The van der Waals surface area contributed by atoms with E-state index in [1.165, 1.54) is 6.20 Å². The van der Waals surface area contributed by atoms with Crippen molar-refractivity contribution in [2.24, 2.45) is 5.73 Å². The number of nitrogens with one attached hydrogen (secondary N) is 2. The van der Waals surface area contributed by atoms with E-state index < -0.39 is 11.2 Å². The van der Waals surface area contributed by atoms with E-state index >= 15 is 0 Å². The van der Waals surface area contributed by atoms with Gasteiger partial charge in [-0.2, -0.15) is 0 Å². The molecule has 0 amide bonds. The summed E-state index contributed by atoms with van der Waals surface area (Å²) in [5.74, 6) is 0. The highest BCUT2D eigenvalue weighted by Gasteiger charge is 1.93. The molecule has 0 spiro atoms. The van der Waals surface area contributed by atoms with E-state index in [-0.39, 0.29) is 0 Å². The van der Waals surface area contributed by atoms with Crippen molar-refractivity contribution < 1.29 is 0 Å². The third-order valence-electron chi connectivity index (χ3n) is 1.48. The van der Waals surface area contributed by atoms with Gasteiger partial charge in [-0.05, 0) is 13.0 Å². The van der Waals surface area contributed by atoms with Gasteiger partial charge in [0.1, 0.15) is 0 Å².